The monoisotopic (exact) mass is 372 g/mol. The molecule has 27 heavy (non-hydrogen) atoms. The number of rotatable bonds is 6. The van der Waals surface area contributed by atoms with Crippen LogP contribution in [0.25, 0.3) is 0 Å². The Labute approximate surface area is 153 Å². The molecule has 9 heteroatoms. The summed E-state index contributed by atoms with van der Waals surface area (Å²) in [6, 6.07) is 7.30. The summed E-state index contributed by atoms with van der Waals surface area (Å²) in [6.45, 7) is -0.112. The van der Waals surface area contributed by atoms with Crippen molar-refractivity contribution in [2.24, 2.45) is 0 Å². The van der Waals surface area contributed by atoms with Gasteiger partial charge in [0.25, 0.3) is 0 Å². The summed E-state index contributed by atoms with van der Waals surface area (Å²) >= 11 is 0. The van der Waals surface area contributed by atoms with Crippen LogP contribution >= 0.6 is 0 Å². The number of benzene rings is 1. The fourth-order valence-corrected chi connectivity index (χ4v) is 2.50. The third kappa shape index (κ3) is 3.97. The highest BCUT2D eigenvalue weighted by atomic mass is 16.5. The van der Waals surface area contributed by atoms with E-state index in [1.807, 2.05) is 0 Å². The predicted octanol–water partition coefficient (Wildman–Crippen LogP) is 1.48. The second kappa shape index (κ2) is 7.73. The second-order valence-electron chi connectivity index (χ2n) is 5.66. The summed E-state index contributed by atoms with van der Waals surface area (Å²) in [5.74, 6) is -1.31. The summed E-state index contributed by atoms with van der Waals surface area (Å²) in [5.41, 5.74) is 1.16. The Balaban J connectivity index is 1.59. The van der Waals surface area contributed by atoms with Gasteiger partial charge in [-0.15, -0.1) is 0 Å². The SMILES string of the molecule is COC(=O)c1ccoc1COC(=O)c1ccc(CN2C(=O)CNC2=O)cc1. The molecule has 1 saturated heterocycles. The van der Waals surface area contributed by atoms with Crippen LogP contribution in [-0.2, 0) is 27.4 Å². The highest BCUT2D eigenvalue weighted by Crippen LogP contribution is 2.15. The number of hydrogen-bond acceptors (Lipinski definition) is 7. The molecule has 0 spiro atoms. The Kier molecular flexibility index (Phi) is 5.20. The molecule has 2 aromatic rings. The van der Waals surface area contributed by atoms with Gasteiger partial charge in [-0.1, -0.05) is 12.1 Å². The molecule has 0 atom stereocenters. The van der Waals surface area contributed by atoms with Crippen LogP contribution in [0.1, 0.15) is 32.0 Å². The molecule has 0 bridgehead atoms. The van der Waals surface area contributed by atoms with E-state index >= 15 is 0 Å². The van der Waals surface area contributed by atoms with E-state index in [0.717, 1.165) is 4.90 Å². The van der Waals surface area contributed by atoms with Crippen molar-refractivity contribution in [3.63, 3.8) is 0 Å². The Morgan fingerprint density at radius 1 is 1.15 bits per heavy atom. The molecule has 1 aliphatic rings. The molecule has 0 aliphatic carbocycles. The topological polar surface area (TPSA) is 115 Å². The number of carbonyl (C=O) groups is 4. The number of hydrogen-bond donors (Lipinski definition) is 1. The summed E-state index contributed by atoms with van der Waals surface area (Å²) in [6.07, 6.45) is 1.31. The number of ether oxygens (including phenoxy) is 2. The quantitative estimate of drug-likeness (QED) is 0.603. The molecule has 1 fully saturated rings. The van der Waals surface area contributed by atoms with E-state index in [2.05, 4.69) is 10.1 Å². The normalized spacial score (nSPS) is 13.4. The van der Waals surface area contributed by atoms with Gasteiger partial charge in [0.1, 0.15) is 5.56 Å². The molecule has 1 N–H and O–H groups in total. The fourth-order valence-electron chi connectivity index (χ4n) is 2.50. The first kappa shape index (κ1) is 18.2. The Hall–Kier alpha value is -3.62. The van der Waals surface area contributed by atoms with Gasteiger partial charge in [0, 0.05) is 0 Å². The Morgan fingerprint density at radius 3 is 2.52 bits per heavy atom. The van der Waals surface area contributed by atoms with Crippen LogP contribution in [0.5, 0.6) is 0 Å². The first-order valence-electron chi connectivity index (χ1n) is 7.98. The summed E-state index contributed by atoms with van der Waals surface area (Å²) < 4.78 is 14.9. The molecule has 9 nitrogen and oxygen atoms in total. The number of methoxy groups -OCH3 is 1. The largest absolute Gasteiger partial charge is 0.465 e. The van der Waals surface area contributed by atoms with Crippen LogP contribution in [0, 0.1) is 0 Å². The van der Waals surface area contributed by atoms with Crippen molar-refractivity contribution in [2.45, 2.75) is 13.2 Å². The van der Waals surface area contributed by atoms with Crippen LogP contribution in [-0.4, -0.2) is 42.4 Å². The van der Waals surface area contributed by atoms with Gasteiger partial charge in [0.2, 0.25) is 5.91 Å². The molecule has 0 radical (unpaired) electrons. The number of imide groups is 1. The van der Waals surface area contributed by atoms with Crippen LogP contribution in [0.2, 0.25) is 0 Å². The standard InChI is InChI=1S/C18H16N2O7/c1-25-17(23)13-6-7-26-14(13)10-27-16(22)12-4-2-11(3-5-12)9-20-15(21)8-19-18(20)24/h2-7H,8-10H2,1H3,(H,19,24). The molecular weight excluding hydrogens is 356 g/mol. The molecule has 1 aliphatic heterocycles. The molecule has 1 aromatic carbocycles. The van der Waals surface area contributed by atoms with Crippen LogP contribution in [0.4, 0.5) is 4.79 Å². The van der Waals surface area contributed by atoms with Gasteiger partial charge >= 0.3 is 18.0 Å². The first-order valence-corrected chi connectivity index (χ1v) is 7.98. The van der Waals surface area contributed by atoms with Crippen molar-refractivity contribution >= 4 is 23.9 Å². The number of furan rings is 1. The van der Waals surface area contributed by atoms with Crippen molar-refractivity contribution in [1.29, 1.82) is 0 Å². The second-order valence-corrected chi connectivity index (χ2v) is 5.66. The zero-order chi connectivity index (χ0) is 19.4. The van der Waals surface area contributed by atoms with Gasteiger partial charge in [-0.05, 0) is 23.8 Å². The number of amides is 3. The van der Waals surface area contributed by atoms with E-state index < -0.39 is 18.0 Å². The third-order valence-electron chi connectivity index (χ3n) is 3.95. The highest BCUT2D eigenvalue weighted by molar-refractivity contribution is 6.01. The van der Waals surface area contributed by atoms with E-state index in [0.29, 0.717) is 5.56 Å². The molecule has 3 rings (SSSR count). The van der Waals surface area contributed by atoms with Crippen molar-refractivity contribution in [3.8, 4) is 0 Å². The maximum absolute atomic E-state index is 12.1. The Bertz CT molecular complexity index is 869. The first-order chi connectivity index (χ1) is 13.0. The minimum atomic E-state index is -0.608. The summed E-state index contributed by atoms with van der Waals surface area (Å²) in [5, 5.41) is 2.44. The van der Waals surface area contributed by atoms with Gasteiger partial charge in [-0.2, -0.15) is 0 Å². The van der Waals surface area contributed by atoms with Gasteiger partial charge in [-0.3, -0.25) is 9.69 Å². The van der Waals surface area contributed by atoms with Gasteiger partial charge in [0.15, 0.2) is 12.4 Å². The van der Waals surface area contributed by atoms with Crippen LogP contribution in [0.15, 0.2) is 41.0 Å². The summed E-state index contributed by atoms with van der Waals surface area (Å²) in [4.78, 5) is 47.9. The smallest absolute Gasteiger partial charge is 0.341 e. The molecule has 140 valence electrons. The van der Waals surface area contributed by atoms with Crippen LogP contribution in [0.3, 0.4) is 0 Å². The average molecular weight is 372 g/mol. The number of nitrogens with one attached hydrogen (secondary N) is 1. The van der Waals surface area contributed by atoms with E-state index in [9.17, 15) is 19.2 Å². The molecule has 2 heterocycles. The lowest BCUT2D eigenvalue weighted by Gasteiger charge is -2.12. The fraction of sp³-hybridized carbons (Fsp3) is 0.222. The van der Waals surface area contributed by atoms with Crippen molar-refractivity contribution < 1.29 is 33.1 Å². The molecule has 0 saturated carbocycles. The Morgan fingerprint density at radius 2 is 1.89 bits per heavy atom. The minimum absolute atomic E-state index is 0.0103. The zero-order valence-electron chi connectivity index (χ0n) is 14.4. The highest BCUT2D eigenvalue weighted by Gasteiger charge is 2.28. The van der Waals surface area contributed by atoms with Gasteiger partial charge < -0.3 is 19.2 Å². The average Bonchev–Trinajstić information content (AvgIpc) is 3.28. The lowest BCUT2D eigenvalue weighted by atomic mass is 10.1. The van der Waals surface area contributed by atoms with Gasteiger partial charge in [0.05, 0.1) is 32.0 Å². The molecule has 0 unspecified atom stereocenters. The zero-order valence-corrected chi connectivity index (χ0v) is 14.4. The van der Waals surface area contributed by atoms with E-state index in [1.54, 1.807) is 12.1 Å². The van der Waals surface area contributed by atoms with E-state index in [1.165, 1.54) is 31.6 Å². The van der Waals surface area contributed by atoms with E-state index in [4.69, 9.17) is 9.15 Å². The number of carbonyl (C=O) groups excluding carboxylic acids is 4. The third-order valence-corrected chi connectivity index (χ3v) is 3.95. The van der Waals surface area contributed by atoms with Crippen molar-refractivity contribution in [1.82, 2.24) is 10.2 Å². The molecular formula is C18H16N2O7. The lowest BCUT2D eigenvalue weighted by Crippen LogP contribution is -2.30. The minimum Gasteiger partial charge on any atom is -0.465 e. The lowest BCUT2D eigenvalue weighted by molar-refractivity contribution is -0.125. The molecule has 1 aromatic heterocycles. The maximum Gasteiger partial charge on any atom is 0.341 e. The molecule has 3 amide bonds. The maximum atomic E-state index is 12.1. The van der Waals surface area contributed by atoms with Gasteiger partial charge in [-0.25, -0.2) is 14.4 Å². The summed E-state index contributed by atoms with van der Waals surface area (Å²) in [7, 11) is 1.24. The number of esters is 2. The number of nitrogens with zero attached hydrogens (tertiary/aromatic N) is 1. The number of urea groups is 1. The predicted molar refractivity (Wildman–Crippen MR) is 89.6 cm³/mol. The van der Waals surface area contributed by atoms with Crippen molar-refractivity contribution in [3.05, 3.63) is 59.0 Å². The van der Waals surface area contributed by atoms with E-state index in [-0.39, 0.29) is 42.5 Å². The van der Waals surface area contributed by atoms with Crippen molar-refractivity contribution in [2.75, 3.05) is 13.7 Å². The van der Waals surface area contributed by atoms with Crippen LogP contribution < -0.4 is 5.32 Å².